The Bertz CT molecular complexity index is 780. The van der Waals surface area contributed by atoms with E-state index in [1.165, 1.54) is 11.1 Å². The molecule has 2 aliphatic rings. The quantitative estimate of drug-likeness (QED) is 0.810. The van der Waals surface area contributed by atoms with Crippen molar-refractivity contribution in [3.63, 3.8) is 0 Å². The number of nitrogens with zero attached hydrogens (tertiary/aromatic N) is 3. The number of carbonyl (C=O) groups excluding carboxylic acids is 1. The number of fused-ring (bicyclic) bond motifs is 3. The van der Waals surface area contributed by atoms with Crippen LogP contribution in [0.4, 0.5) is 5.69 Å². The van der Waals surface area contributed by atoms with E-state index >= 15 is 0 Å². The zero-order chi connectivity index (χ0) is 16.5. The number of likely N-dealkylation sites (tertiary alicyclic amines) is 1. The van der Waals surface area contributed by atoms with E-state index < -0.39 is 0 Å². The van der Waals surface area contributed by atoms with Gasteiger partial charge < -0.3 is 9.80 Å². The highest BCUT2D eigenvalue weighted by Crippen LogP contribution is 2.37. The maximum atomic E-state index is 12.4. The molecular formula is C20H23N3O. The summed E-state index contributed by atoms with van der Waals surface area (Å²) in [6.07, 6.45) is 8.78. The number of allylic oxidation sites excluding steroid dienone is 1. The second kappa shape index (κ2) is 6.27. The van der Waals surface area contributed by atoms with Crippen LogP contribution in [0.1, 0.15) is 26.2 Å². The predicted molar refractivity (Wildman–Crippen MR) is 97.0 cm³/mol. The minimum Gasteiger partial charge on any atom is -0.364 e. The number of pyridine rings is 1. The van der Waals surface area contributed by atoms with Crippen LogP contribution in [0.15, 0.2) is 48.7 Å². The lowest BCUT2D eigenvalue weighted by Crippen LogP contribution is -2.48. The van der Waals surface area contributed by atoms with E-state index in [1.54, 1.807) is 6.08 Å². The highest BCUT2D eigenvalue weighted by Gasteiger charge is 2.45. The van der Waals surface area contributed by atoms with Crippen molar-refractivity contribution in [2.75, 3.05) is 18.0 Å². The van der Waals surface area contributed by atoms with Crippen LogP contribution in [-0.4, -0.2) is 41.0 Å². The molecule has 4 nitrogen and oxygen atoms in total. The Morgan fingerprint density at radius 2 is 2.12 bits per heavy atom. The Labute approximate surface area is 142 Å². The number of para-hydroxylation sites is 1. The lowest BCUT2D eigenvalue weighted by atomic mass is 10.1. The molecule has 1 aromatic carbocycles. The number of unbranched alkanes of at least 4 members (excludes halogenated alkanes) is 1. The third-order valence-corrected chi connectivity index (χ3v) is 5.17. The van der Waals surface area contributed by atoms with E-state index in [-0.39, 0.29) is 5.91 Å². The standard InChI is InChI=1S/C20H23N3O/c1-2-3-4-9-20(24)23-14-15-12-16(23)13-22(15)19-10-11-21-18-8-6-5-7-17(18)19/h4-11,15-16H,2-3,12-14H2,1H3. The third-order valence-electron chi connectivity index (χ3n) is 5.17. The molecule has 1 amide bonds. The first-order valence-electron chi connectivity index (χ1n) is 8.85. The van der Waals surface area contributed by atoms with Crippen LogP contribution in [0.25, 0.3) is 10.9 Å². The van der Waals surface area contributed by atoms with Gasteiger partial charge in [0, 0.05) is 36.4 Å². The first-order chi connectivity index (χ1) is 11.8. The van der Waals surface area contributed by atoms with Crippen molar-refractivity contribution in [2.45, 2.75) is 38.3 Å². The van der Waals surface area contributed by atoms with Gasteiger partial charge in [0.05, 0.1) is 11.6 Å². The number of carbonyl (C=O) groups is 1. The van der Waals surface area contributed by atoms with E-state index in [1.807, 2.05) is 18.3 Å². The molecule has 1 aromatic heterocycles. The van der Waals surface area contributed by atoms with Crippen molar-refractivity contribution in [3.8, 4) is 0 Å². The fraction of sp³-hybridized carbons (Fsp3) is 0.400. The van der Waals surface area contributed by atoms with Crippen molar-refractivity contribution in [1.29, 1.82) is 0 Å². The molecule has 124 valence electrons. The number of aromatic nitrogens is 1. The number of rotatable bonds is 4. The van der Waals surface area contributed by atoms with Gasteiger partial charge in [-0.3, -0.25) is 9.78 Å². The second-order valence-corrected chi connectivity index (χ2v) is 6.72. The number of hydrogen-bond donors (Lipinski definition) is 0. The minimum absolute atomic E-state index is 0.176. The van der Waals surface area contributed by atoms with E-state index in [0.717, 1.165) is 37.9 Å². The van der Waals surface area contributed by atoms with Gasteiger partial charge in [-0.25, -0.2) is 0 Å². The Kier molecular flexibility index (Phi) is 3.97. The second-order valence-electron chi connectivity index (χ2n) is 6.72. The molecule has 24 heavy (non-hydrogen) atoms. The zero-order valence-corrected chi connectivity index (χ0v) is 14.1. The molecule has 0 saturated carbocycles. The SMILES string of the molecule is CCCC=CC(=O)N1CC2CC1CN2c1ccnc2ccccc12. The summed E-state index contributed by atoms with van der Waals surface area (Å²) < 4.78 is 0. The summed E-state index contributed by atoms with van der Waals surface area (Å²) in [4.78, 5) is 21.4. The van der Waals surface area contributed by atoms with Gasteiger partial charge in [0.15, 0.2) is 0 Å². The molecule has 0 spiro atoms. The average molecular weight is 321 g/mol. The zero-order valence-electron chi connectivity index (χ0n) is 14.1. The van der Waals surface area contributed by atoms with Gasteiger partial charge in [-0.05, 0) is 31.1 Å². The number of benzene rings is 1. The smallest absolute Gasteiger partial charge is 0.246 e. The van der Waals surface area contributed by atoms with E-state index in [9.17, 15) is 4.79 Å². The van der Waals surface area contributed by atoms with Gasteiger partial charge in [0.1, 0.15) is 0 Å². The lowest BCUT2D eigenvalue weighted by Gasteiger charge is -2.35. The molecule has 4 rings (SSSR count). The van der Waals surface area contributed by atoms with Gasteiger partial charge in [0.25, 0.3) is 0 Å². The molecule has 2 bridgehead atoms. The molecule has 2 atom stereocenters. The fourth-order valence-corrected chi connectivity index (χ4v) is 4.01. The molecule has 3 heterocycles. The highest BCUT2D eigenvalue weighted by molar-refractivity contribution is 5.92. The van der Waals surface area contributed by atoms with Crippen LogP contribution >= 0.6 is 0 Å². The van der Waals surface area contributed by atoms with Crippen LogP contribution in [0, 0.1) is 0 Å². The highest BCUT2D eigenvalue weighted by atomic mass is 16.2. The van der Waals surface area contributed by atoms with Crippen LogP contribution in [-0.2, 0) is 4.79 Å². The van der Waals surface area contributed by atoms with Gasteiger partial charge in [-0.2, -0.15) is 0 Å². The largest absolute Gasteiger partial charge is 0.364 e. The molecule has 2 unspecified atom stereocenters. The lowest BCUT2D eigenvalue weighted by molar-refractivity contribution is -0.127. The van der Waals surface area contributed by atoms with Gasteiger partial charge >= 0.3 is 0 Å². The fourth-order valence-electron chi connectivity index (χ4n) is 4.01. The molecule has 0 N–H and O–H groups in total. The summed E-state index contributed by atoms with van der Waals surface area (Å²) in [6.45, 7) is 3.88. The van der Waals surface area contributed by atoms with Crippen molar-refractivity contribution >= 4 is 22.5 Å². The van der Waals surface area contributed by atoms with Crippen molar-refractivity contribution in [3.05, 3.63) is 48.7 Å². The Morgan fingerprint density at radius 1 is 1.25 bits per heavy atom. The molecule has 2 aromatic rings. The number of piperazine rings is 1. The Morgan fingerprint density at radius 3 is 2.92 bits per heavy atom. The first-order valence-corrected chi connectivity index (χ1v) is 8.85. The normalized spacial score (nSPS) is 22.9. The monoisotopic (exact) mass is 321 g/mol. The Hall–Kier alpha value is -2.36. The summed E-state index contributed by atoms with van der Waals surface area (Å²) in [5.74, 6) is 0.176. The summed E-state index contributed by atoms with van der Waals surface area (Å²) in [5.41, 5.74) is 2.29. The number of hydrogen-bond acceptors (Lipinski definition) is 3. The summed E-state index contributed by atoms with van der Waals surface area (Å²) >= 11 is 0. The van der Waals surface area contributed by atoms with E-state index in [0.29, 0.717) is 12.1 Å². The topological polar surface area (TPSA) is 36.4 Å². The maximum absolute atomic E-state index is 12.4. The van der Waals surface area contributed by atoms with Crippen LogP contribution in [0.2, 0.25) is 0 Å². The summed E-state index contributed by atoms with van der Waals surface area (Å²) in [6, 6.07) is 11.1. The predicted octanol–water partition coefficient (Wildman–Crippen LogP) is 3.38. The van der Waals surface area contributed by atoms with Crippen molar-refractivity contribution in [1.82, 2.24) is 9.88 Å². The molecule has 4 heteroatoms. The van der Waals surface area contributed by atoms with E-state index in [2.05, 4.69) is 46.0 Å². The molecule has 2 fully saturated rings. The molecule has 0 aliphatic carbocycles. The van der Waals surface area contributed by atoms with Gasteiger partial charge in [-0.1, -0.05) is 37.6 Å². The number of amides is 1. The average Bonchev–Trinajstić information content (AvgIpc) is 3.22. The van der Waals surface area contributed by atoms with Gasteiger partial charge in [-0.15, -0.1) is 0 Å². The summed E-state index contributed by atoms with van der Waals surface area (Å²) in [7, 11) is 0. The number of anilines is 1. The molecule has 2 saturated heterocycles. The van der Waals surface area contributed by atoms with Gasteiger partial charge in [0.2, 0.25) is 5.91 Å². The van der Waals surface area contributed by atoms with Crippen LogP contribution in [0.3, 0.4) is 0 Å². The maximum Gasteiger partial charge on any atom is 0.246 e. The summed E-state index contributed by atoms with van der Waals surface area (Å²) in [5, 5.41) is 1.20. The van der Waals surface area contributed by atoms with Crippen molar-refractivity contribution in [2.24, 2.45) is 0 Å². The van der Waals surface area contributed by atoms with Crippen molar-refractivity contribution < 1.29 is 4.79 Å². The Balaban J connectivity index is 1.53. The molecule has 0 radical (unpaired) electrons. The minimum atomic E-state index is 0.176. The van der Waals surface area contributed by atoms with Crippen LogP contribution in [0.5, 0.6) is 0 Å². The van der Waals surface area contributed by atoms with E-state index in [4.69, 9.17) is 0 Å². The van der Waals surface area contributed by atoms with Crippen LogP contribution < -0.4 is 4.90 Å². The molecular weight excluding hydrogens is 298 g/mol. The first kappa shape index (κ1) is 15.2. The molecule has 2 aliphatic heterocycles. The third kappa shape index (κ3) is 2.56.